The van der Waals surface area contributed by atoms with E-state index < -0.39 is 17.5 Å². The average Bonchev–Trinajstić information content (AvgIpc) is 2.82. The van der Waals surface area contributed by atoms with E-state index in [4.69, 9.17) is 4.42 Å². The van der Waals surface area contributed by atoms with Crippen molar-refractivity contribution in [3.05, 3.63) is 53.7 Å². The Morgan fingerprint density at radius 3 is 2.82 bits per heavy atom. The summed E-state index contributed by atoms with van der Waals surface area (Å²) >= 11 is 0. The zero-order valence-corrected chi connectivity index (χ0v) is 8.61. The number of benzene rings is 1. The van der Waals surface area contributed by atoms with Crippen LogP contribution < -0.4 is 5.32 Å². The standard InChI is InChI=1S/C11H8F2N2O2/c12-9-2-1-7(3-10(9)13)11(16)14-4-8-5-17-6-15-8/h1-3,5-6H,4H2,(H,14,16). The van der Waals surface area contributed by atoms with Gasteiger partial charge in [0.2, 0.25) is 0 Å². The van der Waals surface area contributed by atoms with Crippen LogP contribution >= 0.6 is 0 Å². The number of rotatable bonds is 3. The van der Waals surface area contributed by atoms with Gasteiger partial charge in [0.1, 0.15) is 6.26 Å². The highest BCUT2D eigenvalue weighted by atomic mass is 19.2. The largest absolute Gasteiger partial charge is 0.451 e. The van der Waals surface area contributed by atoms with E-state index in [1.807, 2.05) is 0 Å². The molecule has 0 aliphatic heterocycles. The van der Waals surface area contributed by atoms with Crippen molar-refractivity contribution < 1.29 is 18.0 Å². The number of aromatic nitrogens is 1. The molecule has 1 amide bonds. The van der Waals surface area contributed by atoms with Gasteiger partial charge in [0.05, 0.1) is 12.2 Å². The molecule has 0 radical (unpaired) electrons. The number of carbonyl (C=O) groups is 1. The summed E-state index contributed by atoms with van der Waals surface area (Å²) in [6.45, 7) is 0.161. The number of nitrogens with zero attached hydrogens (tertiary/aromatic N) is 1. The molecule has 0 saturated heterocycles. The maximum absolute atomic E-state index is 12.9. The predicted molar refractivity (Wildman–Crippen MR) is 54.0 cm³/mol. The first-order valence-corrected chi connectivity index (χ1v) is 4.77. The van der Waals surface area contributed by atoms with Crippen LogP contribution in [0.2, 0.25) is 0 Å². The number of amides is 1. The van der Waals surface area contributed by atoms with E-state index in [1.54, 1.807) is 0 Å². The van der Waals surface area contributed by atoms with Crippen LogP contribution in [0.1, 0.15) is 16.1 Å². The van der Waals surface area contributed by atoms with Crippen molar-refractivity contribution in [3.8, 4) is 0 Å². The lowest BCUT2D eigenvalue weighted by Gasteiger charge is -2.03. The Bertz CT molecular complexity index is 526. The van der Waals surface area contributed by atoms with Gasteiger partial charge >= 0.3 is 0 Å². The average molecular weight is 238 g/mol. The van der Waals surface area contributed by atoms with Crippen molar-refractivity contribution in [2.75, 3.05) is 0 Å². The van der Waals surface area contributed by atoms with E-state index in [9.17, 15) is 13.6 Å². The molecule has 0 aliphatic rings. The first-order chi connectivity index (χ1) is 8.16. The van der Waals surface area contributed by atoms with Crippen molar-refractivity contribution >= 4 is 5.91 Å². The molecule has 17 heavy (non-hydrogen) atoms. The molecule has 1 N–H and O–H groups in total. The Morgan fingerprint density at radius 2 is 2.18 bits per heavy atom. The third kappa shape index (κ3) is 2.66. The number of hydrogen-bond acceptors (Lipinski definition) is 3. The maximum atomic E-state index is 12.9. The number of nitrogens with one attached hydrogen (secondary N) is 1. The molecule has 2 aromatic rings. The molecular formula is C11H8F2N2O2. The minimum absolute atomic E-state index is 0.0485. The zero-order valence-electron chi connectivity index (χ0n) is 8.61. The van der Waals surface area contributed by atoms with Gasteiger partial charge in [0.25, 0.3) is 5.91 Å². The summed E-state index contributed by atoms with van der Waals surface area (Å²) < 4.78 is 30.2. The summed E-state index contributed by atoms with van der Waals surface area (Å²) in [5, 5.41) is 2.50. The van der Waals surface area contributed by atoms with Gasteiger partial charge in [0, 0.05) is 5.56 Å². The van der Waals surface area contributed by atoms with Gasteiger partial charge in [-0.25, -0.2) is 13.8 Å². The molecule has 88 valence electrons. The van der Waals surface area contributed by atoms with Crippen LogP contribution in [0, 0.1) is 11.6 Å². The minimum Gasteiger partial charge on any atom is -0.451 e. The van der Waals surface area contributed by atoms with Crippen molar-refractivity contribution in [1.29, 1.82) is 0 Å². The van der Waals surface area contributed by atoms with E-state index in [2.05, 4.69) is 10.3 Å². The van der Waals surface area contributed by atoms with Gasteiger partial charge in [-0.15, -0.1) is 0 Å². The second-order valence-electron chi connectivity index (χ2n) is 3.29. The smallest absolute Gasteiger partial charge is 0.251 e. The van der Waals surface area contributed by atoms with Crippen LogP contribution in [-0.2, 0) is 6.54 Å². The lowest BCUT2D eigenvalue weighted by Crippen LogP contribution is -2.23. The summed E-state index contributed by atoms with van der Waals surface area (Å²) in [5.74, 6) is -2.55. The summed E-state index contributed by atoms with van der Waals surface area (Å²) in [6.07, 6.45) is 2.62. The molecule has 0 fully saturated rings. The molecule has 0 unspecified atom stereocenters. The summed E-state index contributed by atoms with van der Waals surface area (Å²) in [5.41, 5.74) is 0.591. The Balaban J connectivity index is 2.02. The van der Waals surface area contributed by atoms with Gasteiger partial charge in [-0.3, -0.25) is 4.79 Å². The molecule has 0 bridgehead atoms. The van der Waals surface area contributed by atoms with Crippen LogP contribution in [0.4, 0.5) is 8.78 Å². The van der Waals surface area contributed by atoms with E-state index in [0.29, 0.717) is 5.69 Å². The van der Waals surface area contributed by atoms with Crippen LogP contribution in [0.5, 0.6) is 0 Å². The molecule has 4 nitrogen and oxygen atoms in total. The molecule has 1 heterocycles. The fourth-order valence-electron chi connectivity index (χ4n) is 1.24. The Kier molecular flexibility index (Phi) is 3.13. The van der Waals surface area contributed by atoms with Crippen molar-refractivity contribution in [3.63, 3.8) is 0 Å². The topological polar surface area (TPSA) is 55.1 Å². The number of oxazole rings is 1. The molecule has 0 atom stereocenters. The van der Waals surface area contributed by atoms with E-state index in [1.165, 1.54) is 18.7 Å². The quantitative estimate of drug-likeness (QED) is 0.888. The van der Waals surface area contributed by atoms with E-state index >= 15 is 0 Å². The van der Waals surface area contributed by atoms with Crippen LogP contribution in [0.25, 0.3) is 0 Å². The van der Waals surface area contributed by atoms with Crippen molar-refractivity contribution in [2.24, 2.45) is 0 Å². The lowest BCUT2D eigenvalue weighted by molar-refractivity contribution is 0.0950. The fourth-order valence-corrected chi connectivity index (χ4v) is 1.24. The normalized spacial score (nSPS) is 10.2. The predicted octanol–water partition coefficient (Wildman–Crippen LogP) is 1.88. The molecule has 0 aliphatic carbocycles. The van der Waals surface area contributed by atoms with E-state index in [-0.39, 0.29) is 12.1 Å². The Labute approximate surface area is 95.3 Å². The first-order valence-electron chi connectivity index (χ1n) is 4.77. The maximum Gasteiger partial charge on any atom is 0.251 e. The molecule has 2 rings (SSSR count). The second-order valence-corrected chi connectivity index (χ2v) is 3.29. The molecule has 1 aromatic heterocycles. The highest BCUT2D eigenvalue weighted by Gasteiger charge is 2.09. The van der Waals surface area contributed by atoms with Crippen LogP contribution in [0.15, 0.2) is 35.3 Å². The monoisotopic (exact) mass is 238 g/mol. The van der Waals surface area contributed by atoms with Gasteiger partial charge in [-0.1, -0.05) is 0 Å². The van der Waals surface area contributed by atoms with E-state index in [0.717, 1.165) is 12.1 Å². The summed E-state index contributed by atoms with van der Waals surface area (Å²) in [4.78, 5) is 15.3. The summed E-state index contributed by atoms with van der Waals surface area (Å²) in [7, 11) is 0. The van der Waals surface area contributed by atoms with Crippen molar-refractivity contribution in [1.82, 2.24) is 10.3 Å². The molecule has 1 aromatic carbocycles. The van der Waals surface area contributed by atoms with Crippen LogP contribution in [-0.4, -0.2) is 10.9 Å². The van der Waals surface area contributed by atoms with Crippen molar-refractivity contribution in [2.45, 2.75) is 6.54 Å². The number of halogens is 2. The third-order valence-corrected chi connectivity index (χ3v) is 2.10. The molecule has 0 spiro atoms. The Morgan fingerprint density at radius 1 is 1.35 bits per heavy atom. The number of hydrogen-bond donors (Lipinski definition) is 1. The van der Waals surface area contributed by atoms with Crippen LogP contribution in [0.3, 0.4) is 0 Å². The number of carbonyl (C=O) groups excluding carboxylic acids is 1. The van der Waals surface area contributed by atoms with Gasteiger partial charge in [0.15, 0.2) is 18.0 Å². The molecular weight excluding hydrogens is 230 g/mol. The van der Waals surface area contributed by atoms with Gasteiger partial charge < -0.3 is 9.73 Å². The second kappa shape index (κ2) is 4.73. The third-order valence-electron chi connectivity index (χ3n) is 2.10. The highest BCUT2D eigenvalue weighted by molar-refractivity contribution is 5.94. The van der Waals surface area contributed by atoms with Gasteiger partial charge in [-0.2, -0.15) is 0 Å². The molecule has 6 heteroatoms. The zero-order chi connectivity index (χ0) is 12.3. The summed E-state index contributed by atoms with van der Waals surface area (Å²) in [6, 6.07) is 2.95. The van der Waals surface area contributed by atoms with Gasteiger partial charge in [-0.05, 0) is 18.2 Å². The minimum atomic E-state index is -1.06. The fraction of sp³-hybridized carbons (Fsp3) is 0.0909. The SMILES string of the molecule is O=C(NCc1cocn1)c1ccc(F)c(F)c1. The Hall–Kier alpha value is -2.24. The highest BCUT2D eigenvalue weighted by Crippen LogP contribution is 2.08. The molecule has 0 saturated carbocycles. The first kappa shape index (κ1) is 11.3. The lowest BCUT2D eigenvalue weighted by atomic mass is 10.2.